The van der Waals surface area contributed by atoms with Crippen LogP contribution < -0.4 is 16.6 Å². The molecule has 0 atom stereocenters. The summed E-state index contributed by atoms with van der Waals surface area (Å²) in [5.74, 6) is -0.296. The quantitative estimate of drug-likeness (QED) is 0.677. The summed E-state index contributed by atoms with van der Waals surface area (Å²) < 4.78 is 1.05. The van der Waals surface area contributed by atoms with Crippen molar-refractivity contribution in [3.05, 3.63) is 81.1 Å². The van der Waals surface area contributed by atoms with Crippen LogP contribution in [0.1, 0.15) is 5.56 Å². The molecule has 0 spiro atoms. The number of pyridine rings is 1. The van der Waals surface area contributed by atoms with Crippen molar-refractivity contribution in [2.45, 2.75) is 6.54 Å². The smallest absolute Gasteiger partial charge is 0.330 e. The second-order valence-corrected chi connectivity index (χ2v) is 5.32. The average Bonchev–Trinajstić information content (AvgIpc) is 2.63. The van der Waals surface area contributed by atoms with Crippen LogP contribution in [0.2, 0.25) is 0 Å². The Balaban J connectivity index is 1.65. The molecule has 0 aliphatic carbocycles. The Hall–Kier alpha value is -3.48. The summed E-state index contributed by atoms with van der Waals surface area (Å²) in [5, 5.41) is 2.98. The summed E-state index contributed by atoms with van der Waals surface area (Å²) in [5.41, 5.74) is 0.183. The van der Waals surface area contributed by atoms with E-state index in [0.29, 0.717) is 5.39 Å². The zero-order valence-electron chi connectivity index (χ0n) is 13.3. The van der Waals surface area contributed by atoms with Crippen molar-refractivity contribution in [2.75, 3.05) is 6.54 Å². The van der Waals surface area contributed by atoms with Gasteiger partial charge in [-0.25, -0.2) is 9.78 Å². The lowest BCUT2D eigenvalue weighted by Crippen LogP contribution is -2.39. The predicted molar refractivity (Wildman–Crippen MR) is 95.1 cm³/mol. The van der Waals surface area contributed by atoms with E-state index in [-0.39, 0.29) is 24.6 Å². The number of rotatable bonds is 5. The van der Waals surface area contributed by atoms with Crippen LogP contribution in [-0.2, 0) is 11.3 Å². The minimum absolute atomic E-state index is 0.0733. The van der Waals surface area contributed by atoms with Gasteiger partial charge in [-0.3, -0.25) is 19.1 Å². The fraction of sp³-hybridized carbons (Fsp3) is 0.111. The molecule has 25 heavy (non-hydrogen) atoms. The highest BCUT2D eigenvalue weighted by Gasteiger charge is 2.07. The van der Waals surface area contributed by atoms with Gasteiger partial charge in [0.1, 0.15) is 5.65 Å². The third-order valence-corrected chi connectivity index (χ3v) is 3.62. The molecule has 3 aromatic rings. The minimum atomic E-state index is -0.551. The molecule has 7 heteroatoms. The summed E-state index contributed by atoms with van der Waals surface area (Å²) in [6, 6.07) is 12.6. The van der Waals surface area contributed by atoms with Gasteiger partial charge in [0.15, 0.2) is 0 Å². The molecule has 1 amide bonds. The van der Waals surface area contributed by atoms with Gasteiger partial charge in [-0.2, -0.15) is 0 Å². The van der Waals surface area contributed by atoms with Gasteiger partial charge in [0.2, 0.25) is 5.91 Å². The highest BCUT2D eigenvalue weighted by molar-refractivity contribution is 5.91. The first-order chi connectivity index (χ1) is 12.1. The third kappa shape index (κ3) is 3.89. The first kappa shape index (κ1) is 16.4. The molecule has 0 saturated heterocycles. The standard InChI is InChI=1S/C18H16N4O3/c23-15(9-8-13-5-2-1-3-6-13)19-11-12-22-17(24)14-7-4-10-20-16(14)21-18(22)25/h1-10H,11-12H2,(H,19,23)(H,20,21,25)/b9-8+. The molecular weight excluding hydrogens is 320 g/mol. The van der Waals surface area contributed by atoms with Gasteiger partial charge in [0.05, 0.1) is 5.39 Å². The van der Waals surface area contributed by atoms with Gasteiger partial charge < -0.3 is 5.32 Å². The number of fused-ring (bicyclic) bond motifs is 1. The molecule has 2 N–H and O–H groups in total. The fourth-order valence-corrected chi connectivity index (χ4v) is 2.37. The van der Waals surface area contributed by atoms with Crippen LogP contribution in [0, 0.1) is 0 Å². The number of aromatic nitrogens is 3. The van der Waals surface area contributed by atoms with E-state index in [0.717, 1.165) is 10.1 Å². The molecule has 2 heterocycles. The van der Waals surface area contributed by atoms with Crippen LogP contribution in [0.5, 0.6) is 0 Å². The second kappa shape index (κ2) is 7.39. The molecule has 0 unspecified atom stereocenters. The predicted octanol–water partition coefficient (Wildman–Crippen LogP) is 0.914. The summed E-state index contributed by atoms with van der Waals surface area (Å²) in [6.07, 6.45) is 4.60. The maximum Gasteiger partial charge on any atom is 0.330 e. The number of nitrogens with one attached hydrogen (secondary N) is 2. The zero-order valence-corrected chi connectivity index (χ0v) is 13.3. The Morgan fingerprint density at radius 2 is 1.96 bits per heavy atom. The first-order valence-corrected chi connectivity index (χ1v) is 7.74. The Labute approximate surface area is 142 Å². The van der Waals surface area contributed by atoms with Gasteiger partial charge in [0.25, 0.3) is 5.56 Å². The van der Waals surface area contributed by atoms with E-state index < -0.39 is 11.2 Å². The largest absolute Gasteiger partial charge is 0.351 e. The topological polar surface area (TPSA) is 96.8 Å². The number of hydrogen-bond acceptors (Lipinski definition) is 4. The number of H-pyrrole nitrogens is 1. The maximum atomic E-state index is 12.3. The minimum Gasteiger partial charge on any atom is -0.351 e. The van der Waals surface area contributed by atoms with E-state index in [2.05, 4.69) is 15.3 Å². The maximum absolute atomic E-state index is 12.3. The van der Waals surface area contributed by atoms with E-state index in [4.69, 9.17) is 0 Å². The van der Waals surface area contributed by atoms with E-state index in [1.54, 1.807) is 18.2 Å². The van der Waals surface area contributed by atoms with Crippen molar-refractivity contribution in [3.8, 4) is 0 Å². The molecule has 2 aromatic heterocycles. The van der Waals surface area contributed by atoms with Crippen molar-refractivity contribution < 1.29 is 4.79 Å². The molecule has 126 valence electrons. The summed E-state index contributed by atoms with van der Waals surface area (Å²) in [7, 11) is 0. The second-order valence-electron chi connectivity index (χ2n) is 5.32. The van der Waals surface area contributed by atoms with Crippen molar-refractivity contribution >= 4 is 23.0 Å². The summed E-state index contributed by atoms with van der Waals surface area (Å²) in [6.45, 7) is 0.233. The van der Waals surface area contributed by atoms with Crippen molar-refractivity contribution in [2.24, 2.45) is 0 Å². The monoisotopic (exact) mass is 336 g/mol. The lowest BCUT2D eigenvalue weighted by Gasteiger charge is -2.06. The van der Waals surface area contributed by atoms with Crippen LogP contribution in [-0.4, -0.2) is 27.0 Å². The van der Waals surface area contributed by atoms with Crippen molar-refractivity contribution in [3.63, 3.8) is 0 Å². The Morgan fingerprint density at radius 3 is 2.76 bits per heavy atom. The molecule has 0 aliphatic heterocycles. The van der Waals surface area contributed by atoms with E-state index in [9.17, 15) is 14.4 Å². The Kier molecular flexibility index (Phi) is 4.84. The van der Waals surface area contributed by atoms with E-state index in [1.165, 1.54) is 12.3 Å². The normalized spacial score (nSPS) is 11.0. The van der Waals surface area contributed by atoms with Crippen LogP contribution >= 0.6 is 0 Å². The summed E-state index contributed by atoms with van der Waals surface area (Å²) in [4.78, 5) is 42.6. The first-order valence-electron chi connectivity index (χ1n) is 7.74. The lowest BCUT2D eigenvalue weighted by atomic mass is 10.2. The van der Waals surface area contributed by atoms with Gasteiger partial charge in [-0.1, -0.05) is 30.3 Å². The SMILES string of the molecule is O=C(/C=C/c1ccccc1)NCCn1c(=O)[nH]c2ncccc2c1=O. The molecule has 0 saturated carbocycles. The molecule has 7 nitrogen and oxygen atoms in total. The zero-order chi connectivity index (χ0) is 17.6. The number of carbonyl (C=O) groups is 1. The number of hydrogen-bond donors (Lipinski definition) is 2. The van der Waals surface area contributed by atoms with Crippen molar-refractivity contribution in [1.82, 2.24) is 19.9 Å². The third-order valence-electron chi connectivity index (χ3n) is 3.62. The number of nitrogens with zero attached hydrogens (tertiary/aromatic N) is 2. The molecule has 0 fully saturated rings. The van der Waals surface area contributed by atoms with Crippen molar-refractivity contribution in [1.29, 1.82) is 0 Å². The van der Waals surface area contributed by atoms with Gasteiger partial charge in [-0.15, -0.1) is 0 Å². The van der Waals surface area contributed by atoms with Gasteiger partial charge >= 0.3 is 5.69 Å². The fourth-order valence-electron chi connectivity index (χ4n) is 2.37. The molecule has 0 aliphatic rings. The number of benzene rings is 1. The summed E-state index contributed by atoms with van der Waals surface area (Å²) >= 11 is 0. The lowest BCUT2D eigenvalue weighted by molar-refractivity contribution is -0.116. The van der Waals surface area contributed by atoms with Crippen LogP contribution in [0.3, 0.4) is 0 Å². The number of carbonyl (C=O) groups excluding carboxylic acids is 1. The van der Waals surface area contributed by atoms with Crippen LogP contribution in [0.4, 0.5) is 0 Å². The van der Waals surface area contributed by atoms with E-state index >= 15 is 0 Å². The van der Waals surface area contributed by atoms with Crippen LogP contribution in [0.25, 0.3) is 17.1 Å². The molecule has 1 aromatic carbocycles. The molecular formula is C18H16N4O3. The highest BCUT2D eigenvalue weighted by Crippen LogP contribution is 2.00. The van der Waals surface area contributed by atoms with Gasteiger partial charge in [-0.05, 0) is 23.8 Å². The number of aromatic amines is 1. The molecule has 0 radical (unpaired) electrons. The van der Waals surface area contributed by atoms with Crippen LogP contribution in [0.15, 0.2) is 64.3 Å². The van der Waals surface area contributed by atoms with E-state index in [1.807, 2.05) is 30.3 Å². The number of amides is 1. The van der Waals surface area contributed by atoms with Gasteiger partial charge in [0, 0.05) is 25.4 Å². The average molecular weight is 336 g/mol. The molecule has 3 rings (SSSR count). The Bertz CT molecular complexity index is 1040. The Morgan fingerprint density at radius 1 is 1.16 bits per heavy atom. The highest BCUT2D eigenvalue weighted by atomic mass is 16.2. The molecule has 0 bridgehead atoms.